The maximum absolute atomic E-state index is 10.9. The van der Waals surface area contributed by atoms with Gasteiger partial charge in [0.05, 0.1) is 12.9 Å². The Morgan fingerprint density at radius 3 is 3.06 bits per heavy atom. The third-order valence-corrected chi connectivity index (χ3v) is 2.23. The molecule has 6 nitrogen and oxygen atoms in total. The predicted molar refractivity (Wildman–Crippen MR) is 63.5 cm³/mol. The lowest BCUT2D eigenvalue weighted by Gasteiger charge is -2.02. The molecule has 2 rings (SSSR count). The van der Waals surface area contributed by atoms with E-state index in [-0.39, 0.29) is 17.0 Å². The fraction of sp³-hybridized carbons (Fsp3) is 0.200. The first-order valence-corrected chi connectivity index (χ1v) is 5.09. The molecule has 2 aromatic rings. The van der Waals surface area contributed by atoms with E-state index in [1.807, 2.05) is 0 Å². The lowest BCUT2D eigenvalue weighted by atomic mass is 10.5. The fourth-order valence-electron chi connectivity index (χ4n) is 1.34. The average molecular weight is 250 g/mol. The van der Waals surface area contributed by atoms with Crippen LogP contribution in [0.5, 0.6) is 0 Å². The van der Waals surface area contributed by atoms with E-state index >= 15 is 0 Å². The molecule has 0 aromatic carbocycles. The quantitative estimate of drug-likeness (QED) is 0.638. The number of amides is 1. The topological polar surface area (TPSA) is 72.7 Å². The van der Waals surface area contributed by atoms with Crippen molar-refractivity contribution in [3.63, 3.8) is 0 Å². The van der Waals surface area contributed by atoms with Gasteiger partial charge in [-0.25, -0.2) is 4.98 Å². The molecule has 0 aliphatic carbocycles. The molecular formula is C10H8ClN5O. The van der Waals surface area contributed by atoms with E-state index in [4.69, 9.17) is 18.0 Å². The zero-order valence-corrected chi connectivity index (χ0v) is 9.69. The molecule has 17 heavy (non-hydrogen) atoms. The summed E-state index contributed by atoms with van der Waals surface area (Å²) in [4.78, 5) is 23.0. The van der Waals surface area contributed by atoms with Gasteiger partial charge in [-0.05, 0) is 0 Å². The van der Waals surface area contributed by atoms with Gasteiger partial charge in [0.1, 0.15) is 5.52 Å². The van der Waals surface area contributed by atoms with Crippen LogP contribution in [-0.2, 0) is 11.3 Å². The molecule has 0 unspecified atom stereocenters. The maximum Gasteiger partial charge on any atom is 0.232 e. The molecule has 1 N–H and O–H groups in total. The molecule has 2 heterocycles. The van der Waals surface area contributed by atoms with E-state index in [9.17, 15) is 4.79 Å². The van der Waals surface area contributed by atoms with Crippen LogP contribution in [0, 0.1) is 12.3 Å². The van der Waals surface area contributed by atoms with Crippen molar-refractivity contribution in [2.45, 2.75) is 13.5 Å². The van der Waals surface area contributed by atoms with Crippen LogP contribution in [0.3, 0.4) is 0 Å². The van der Waals surface area contributed by atoms with Crippen molar-refractivity contribution >= 4 is 34.6 Å². The molecule has 0 saturated heterocycles. The van der Waals surface area contributed by atoms with E-state index < -0.39 is 0 Å². The number of carbonyl (C=O) groups is 1. The van der Waals surface area contributed by atoms with Crippen molar-refractivity contribution in [2.24, 2.45) is 0 Å². The number of rotatable bonds is 2. The summed E-state index contributed by atoms with van der Waals surface area (Å²) in [7, 11) is 0. The van der Waals surface area contributed by atoms with E-state index in [1.165, 1.54) is 13.3 Å². The number of terminal acetylenes is 1. The summed E-state index contributed by atoms with van der Waals surface area (Å²) in [5.74, 6) is 2.33. The highest BCUT2D eigenvalue weighted by molar-refractivity contribution is 6.33. The molecule has 0 radical (unpaired) electrons. The van der Waals surface area contributed by atoms with Crippen LogP contribution >= 0.6 is 11.6 Å². The second-order valence-corrected chi connectivity index (χ2v) is 3.63. The highest BCUT2D eigenvalue weighted by Crippen LogP contribution is 2.20. The number of halogens is 1. The van der Waals surface area contributed by atoms with E-state index in [2.05, 4.69) is 26.2 Å². The number of fused-ring (bicyclic) bond motifs is 1. The summed E-state index contributed by atoms with van der Waals surface area (Å²) in [6.07, 6.45) is 6.75. The summed E-state index contributed by atoms with van der Waals surface area (Å²) >= 11 is 5.93. The molecule has 0 atom stereocenters. The van der Waals surface area contributed by atoms with E-state index in [0.717, 1.165) is 0 Å². The van der Waals surface area contributed by atoms with Gasteiger partial charge in [0.25, 0.3) is 0 Å². The molecule has 0 aliphatic heterocycles. The molecule has 0 saturated carbocycles. The predicted octanol–water partition coefficient (Wildman–Crippen LogP) is 1.07. The first-order chi connectivity index (χ1) is 8.11. The van der Waals surface area contributed by atoms with E-state index in [0.29, 0.717) is 17.7 Å². The lowest BCUT2D eigenvalue weighted by Crippen LogP contribution is -2.10. The van der Waals surface area contributed by atoms with Gasteiger partial charge >= 0.3 is 0 Å². The Hall–Kier alpha value is -2.13. The SMILES string of the molecule is C#CCn1cnc2c(Cl)nc(NC(C)=O)nc21. The molecule has 0 spiro atoms. The molecule has 1 amide bonds. The molecule has 0 bridgehead atoms. The van der Waals surface area contributed by atoms with Crippen molar-refractivity contribution in [3.05, 3.63) is 11.5 Å². The van der Waals surface area contributed by atoms with Crippen LogP contribution in [0.4, 0.5) is 5.95 Å². The van der Waals surface area contributed by atoms with Gasteiger partial charge in [0.15, 0.2) is 10.8 Å². The number of hydrogen-bond donors (Lipinski definition) is 1. The van der Waals surface area contributed by atoms with Gasteiger partial charge in [-0.15, -0.1) is 6.42 Å². The number of anilines is 1. The van der Waals surface area contributed by atoms with Crippen LogP contribution in [0.15, 0.2) is 6.33 Å². The largest absolute Gasteiger partial charge is 0.303 e. The molecular weight excluding hydrogens is 242 g/mol. The average Bonchev–Trinajstić information content (AvgIpc) is 2.62. The number of imidazole rings is 1. The minimum atomic E-state index is -0.275. The van der Waals surface area contributed by atoms with Crippen LogP contribution in [0.2, 0.25) is 5.15 Å². The number of carbonyl (C=O) groups excluding carboxylic acids is 1. The minimum Gasteiger partial charge on any atom is -0.303 e. The zero-order chi connectivity index (χ0) is 12.4. The van der Waals surface area contributed by atoms with Gasteiger partial charge in [-0.2, -0.15) is 9.97 Å². The maximum atomic E-state index is 10.9. The second-order valence-electron chi connectivity index (χ2n) is 3.27. The standard InChI is InChI=1S/C10H8ClN5O/c1-3-4-16-5-12-7-8(11)14-10(13-6(2)17)15-9(7)16/h1,5H,4H2,2H3,(H,13,14,15,17). The van der Waals surface area contributed by atoms with E-state index in [1.54, 1.807) is 4.57 Å². The van der Waals surface area contributed by atoms with Crippen molar-refractivity contribution in [1.82, 2.24) is 19.5 Å². The number of nitrogens with one attached hydrogen (secondary N) is 1. The van der Waals surface area contributed by atoms with Crippen molar-refractivity contribution < 1.29 is 4.79 Å². The molecule has 7 heteroatoms. The van der Waals surface area contributed by atoms with Gasteiger partial charge in [-0.3, -0.25) is 10.1 Å². The summed E-state index contributed by atoms with van der Waals surface area (Å²) in [5, 5.41) is 2.63. The summed E-state index contributed by atoms with van der Waals surface area (Å²) < 4.78 is 1.65. The van der Waals surface area contributed by atoms with Crippen LogP contribution in [0.25, 0.3) is 11.2 Å². The first kappa shape index (κ1) is 11.4. The van der Waals surface area contributed by atoms with Crippen molar-refractivity contribution in [2.75, 3.05) is 5.32 Å². The Morgan fingerprint density at radius 1 is 1.65 bits per heavy atom. The normalized spacial score (nSPS) is 10.2. The monoisotopic (exact) mass is 249 g/mol. The van der Waals surface area contributed by atoms with Crippen LogP contribution in [-0.4, -0.2) is 25.4 Å². The Bertz CT molecular complexity index is 627. The second kappa shape index (κ2) is 4.39. The number of aromatic nitrogens is 4. The molecule has 0 aliphatic rings. The molecule has 86 valence electrons. The summed E-state index contributed by atoms with van der Waals surface area (Å²) in [6, 6.07) is 0. The van der Waals surface area contributed by atoms with Gasteiger partial charge in [-0.1, -0.05) is 17.5 Å². The van der Waals surface area contributed by atoms with Crippen LogP contribution in [0.1, 0.15) is 6.92 Å². The smallest absolute Gasteiger partial charge is 0.232 e. The highest BCUT2D eigenvalue weighted by atomic mass is 35.5. The minimum absolute atomic E-state index is 0.133. The summed E-state index contributed by atoms with van der Waals surface area (Å²) in [6.45, 7) is 1.68. The number of hydrogen-bond acceptors (Lipinski definition) is 4. The van der Waals surface area contributed by atoms with Gasteiger partial charge < -0.3 is 4.57 Å². The Labute approximate surface area is 102 Å². The van der Waals surface area contributed by atoms with Gasteiger partial charge in [0.2, 0.25) is 11.9 Å². The highest BCUT2D eigenvalue weighted by Gasteiger charge is 2.11. The Balaban J connectivity index is 2.57. The van der Waals surface area contributed by atoms with Crippen LogP contribution < -0.4 is 5.32 Å². The third-order valence-electron chi connectivity index (χ3n) is 1.97. The first-order valence-electron chi connectivity index (χ1n) is 4.71. The zero-order valence-electron chi connectivity index (χ0n) is 8.94. The fourth-order valence-corrected chi connectivity index (χ4v) is 1.55. The lowest BCUT2D eigenvalue weighted by molar-refractivity contribution is -0.114. The Kier molecular flexibility index (Phi) is 2.93. The van der Waals surface area contributed by atoms with Gasteiger partial charge in [0, 0.05) is 6.92 Å². The number of nitrogens with zero attached hydrogens (tertiary/aromatic N) is 4. The molecule has 2 aromatic heterocycles. The Morgan fingerprint density at radius 2 is 2.41 bits per heavy atom. The summed E-state index contributed by atoms with van der Waals surface area (Å²) in [5.41, 5.74) is 0.947. The van der Waals surface area contributed by atoms with Crippen molar-refractivity contribution in [1.29, 1.82) is 0 Å². The van der Waals surface area contributed by atoms with Crippen molar-refractivity contribution in [3.8, 4) is 12.3 Å². The third kappa shape index (κ3) is 2.19. The molecule has 0 fully saturated rings.